The van der Waals surface area contributed by atoms with Gasteiger partial charge in [-0.15, -0.1) is 0 Å². The molecule has 1 heterocycles. The van der Waals surface area contributed by atoms with Gasteiger partial charge in [0.15, 0.2) is 0 Å². The van der Waals surface area contributed by atoms with Crippen molar-refractivity contribution in [2.24, 2.45) is 17.3 Å². The van der Waals surface area contributed by atoms with Crippen molar-refractivity contribution in [1.82, 2.24) is 10.2 Å². The maximum atomic E-state index is 12.2. The van der Waals surface area contributed by atoms with Gasteiger partial charge in [-0.25, -0.2) is 0 Å². The van der Waals surface area contributed by atoms with Crippen molar-refractivity contribution >= 4 is 11.9 Å². The van der Waals surface area contributed by atoms with E-state index < -0.39 is 11.9 Å². The minimum atomic E-state index is -0.826. The highest BCUT2D eigenvalue weighted by Gasteiger charge is 2.38. The number of aliphatic carboxylic acids is 1. The molecule has 1 amide bonds. The fourth-order valence-corrected chi connectivity index (χ4v) is 3.34. The van der Waals surface area contributed by atoms with E-state index in [2.05, 4.69) is 24.2 Å². The molecule has 2 unspecified atom stereocenters. The molecule has 5 nitrogen and oxygen atoms in total. The van der Waals surface area contributed by atoms with Crippen molar-refractivity contribution in [1.29, 1.82) is 0 Å². The van der Waals surface area contributed by atoms with Crippen LogP contribution in [-0.4, -0.2) is 48.6 Å². The highest BCUT2D eigenvalue weighted by atomic mass is 16.4. The van der Waals surface area contributed by atoms with Gasteiger partial charge in [0.25, 0.3) is 0 Å². The molecule has 114 valence electrons. The van der Waals surface area contributed by atoms with Crippen LogP contribution < -0.4 is 5.32 Å². The molecule has 0 aromatic rings. The number of likely N-dealkylation sites (tertiary alicyclic amines) is 1. The molecule has 1 aliphatic carbocycles. The fourth-order valence-electron chi connectivity index (χ4n) is 3.34. The Bertz CT molecular complexity index is 375. The summed E-state index contributed by atoms with van der Waals surface area (Å²) >= 11 is 0. The molecule has 0 spiro atoms. The summed E-state index contributed by atoms with van der Waals surface area (Å²) < 4.78 is 0. The van der Waals surface area contributed by atoms with Crippen molar-refractivity contribution < 1.29 is 14.7 Å². The Morgan fingerprint density at radius 3 is 2.45 bits per heavy atom. The zero-order chi connectivity index (χ0) is 14.8. The van der Waals surface area contributed by atoms with Crippen molar-refractivity contribution in [3.63, 3.8) is 0 Å². The second-order valence-corrected chi connectivity index (χ2v) is 6.81. The molecule has 2 atom stereocenters. The van der Waals surface area contributed by atoms with Gasteiger partial charge >= 0.3 is 5.97 Å². The molecular formula is C15H26N2O3. The first kappa shape index (κ1) is 15.3. The minimum absolute atomic E-state index is 0.0601. The molecule has 1 saturated carbocycles. The maximum Gasteiger partial charge on any atom is 0.307 e. The van der Waals surface area contributed by atoms with Crippen LogP contribution in [0.5, 0.6) is 0 Å². The van der Waals surface area contributed by atoms with Gasteiger partial charge in [0.2, 0.25) is 5.91 Å². The highest BCUT2D eigenvalue weighted by molar-refractivity contribution is 5.85. The maximum absolute atomic E-state index is 12.2. The largest absolute Gasteiger partial charge is 0.481 e. The quantitative estimate of drug-likeness (QED) is 0.816. The average Bonchev–Trinajstić information content (AvgIpc) is 2.89. The smallest absolute Gasteiger partial charge is 0.307 e. The lowest BCUT2D eigenvalue weighted by atomic mass is 9.80. The normalized spacial score (nSPS) is 30.1. The fraction of sp³-hybridized carbons (Fsp3) is 0.867. The molecule has 1 aliphatic heterocycles. The zero-order valence-corrected chi connectivity index (χ0v) is 12.5. The molecule has 2 N–H and O–H groups in total. The number of carboxylic acids is 1. The van der Waals surface area contributed by atoms with Crippen molar-refractivity contribution in [3.05, 3.63) is 0 Å². The Hall–Kier alpha value is -1.10. The number of nitrogens with zero attached hydrogens (tertiary/aromatic N) is 1. The lowest BCUT2D eigenvalue weighted by molar-refractivity contribution is -0.146. The first-order valence-corrected chi connectivity index (χ1v) is 7.60. The predicted molar refractivity (Wildman–Crippen MR) is 76.3 cm³/mol. The van der Waals surface area contributed by atoms with E-state index in [1.54, 1.807) is 0 Å². The van der Waals surface area contributed by atoms with E-state index in [0.29, 0.717) is 19.4 Å². The number of hydrogen-bond donors (Lipinski definition) is 2. The molecule has 0 aromatic heterocycles. The lowest BCUT2D eigenvalue weighted by Crippen LogP contribution is -2.45. The third-order valence-corrected chi connectivity index (χ3v) is 5.05. The summed E-state index contributed by atoms with van der Waals surface area (Å²) in [6.07, 6.45) is 4.35. The Labute approximate surface area is 120 Å². The summed E-state index contributed by atoms with van der Waals surface area (Å²) in [5.41, 5.74) is 0.152. The van der Waals surface area contributed by atoms with Crippen LogP contribution in [0.2, 0.25) is 0 Å². The summed E-state index contributed by atoms with van der Waals surface area (Å²) in [5, 5.41) is 12.2. The van der Waals surface area contributed by atoms with Crippen LogP contribution in [0.1, 0.15) is 39.0 Å². The van der Waals surface area contributed by atoms with Crippen LogP contribution in [-0.2, 0) is 9.59 Å². The van der Waals surface area contributed by atoms with E-state index in [4.69, 9.17) is 5.11 Å². The van der Waals surface area contributed by atoms with Crippen LogP contribution >= 0.6 is 0 Å². The van der Waals surface area contributed by atoms with Crippen molar-refractivity contribution in [3.8, 4) is 0 Å². The Kier molecular flexibility index (Phi) is 4.68. The molecule has 0 aromatic carbocycles. The first-order chi connectivity index (χ1) is 9.41. The average molecular weight is 282 g/mol. The zero-order valence-electron chi connectivity index (χ0n) is 12.5. The van der Waals surface area contributed by atoms with Gasteiger partial charge < -0.3 is 15.3 Å². The SMILES string of the molecule is CN1CCC(C)(CNC(=O)C2CCCC2C(=O)O)CC1. The van der Waals surface area contributed by atoms with Crippen molar-refractivity contribution in [2.45, 2.75) is 39.0 Å². The summed E-state index contributed by atoms with van der Waals surface area (Å²) in [4.78, 5) is 25.7. The van der Waals surface area contributed by atoms with Gasteiger partial charge in [-0.05, 0) is 51.2 Å². The van der Waals surface area contributed by atoms with Crippen LogP contribution in [0.4, 0.5) is 0 Å². The van der Waals surface area contributed by atoms with Gasteiger partial charge in [0.05, 0.1) is 11.8 Å². The van der Waals surface area contributed by atoms with Crippen molar-refractivity contribution in [2.75, 3.05) is 26.7 Å². The molecule has 0 bridgehead atoms. The number of piperidine rings is 1. The Morgan fingerprint density at radius 2 is 1.85 bits per heavy atom. The number of carbonyl (C=O) groups excluding carboxylic acids is 1. The van der Waals surface area contributed by atoms with Gasteiger partial charge in [-0.2, -0.15) is 0 Å². The van der Waals surface area contributed by atoms with Gasteiger partial charge in [-0.1, -0.05) is 13.3 Å². The molecule has 20 heavy (non-hydrogen) atoms. The summed E-state index contributed by atoms with van der Waals surface area (Å²) in [6.45, 7) is 5.01. The van der Waals surface area contributed by atoms with E-state index in [-0.39, 0.29) is 17.2 Å². The van der Waals surface area contributed by atoms with E-state index in [9.17, 15) is 9.59 Å². The number of amides is 1. The Balaban J connectivity index is 1.84. The van der Waals surface area contributed by atoms with E-state index in [1.165, 1.54) is 0 Å². The first-order valence-electron chi connectivity index (χ1n) is 7.60. The number of hydrogen-bond acceptors (Lipinski definition) is 3. The van der Waals surface area contributed by atoms with E-state index in [1.807, 2.05) is 0 Å². The van der Waals surface area contributed by atoms with Crippen LogP contribution in [0.15, 0.2) is 0 Å². The predicted octanol–water partition coefficient (Wildman–Crippen LogP) is 1.34. The topological polar surface area (TPSA) is 69.6 Å². The summed E-state index contributed by atoms with van der Waals surface area (Å²) in [5.74, 6) is -1.70. The third-order valence-electron chi connectivity index (χ3n) is 5.05. The van der Waals surface area contributed by atoms with Gasteiger partial charge in [0.1, 0.15) is 0 Å². The van der Waals surface area contributed by atoms with E-state index >= 15 is 0 Å². The third kappa shape index (κ3) is 3.51. The lowest BCUT2D eigenvalue weighted by Gasteiger charge is -2.38. The molecule has 0 radical (unpaired) electrons. The number of carboxylic acid groups (broad SMARTS) is 1. The Morgan fingerprint density at radius 1 is 1.25 bits per heavy atom. The molecular weight excluding hydrogens is 256 g/mol. The number of rotatable bonds is 4. The molecule has 2 rings (SSSR count). The van der Waals surface area contributed by atoms with Crippen LogP contribution in [0, 0.1) is 17.3 Å². The monoisotopic (exact) mass is 282 g/mol. The molecule has 2 fully saturated rings. The minimum Gasteiger partial charge on any atom is -0.481 e. The van der Waals surface area contributed by atoms with Crippen LogP contribution in [0.3, 0.4) is 0 Å². The highest BCUT2D eigenvalue weighted by Crippen LogP contribution is 2.33. The number of carbonyl (C=O) groups is 2. The van der Waals surface area contributed by atoms with Gasteiger partial charge in [0, 0.05) is 6.54 Å². The van der Waals surface area contributed by atoms with Gasteiger partial charge in [-0.3, -0.25) is 9.59 Å². The second kappa shape index (κ2) is 6.12. The number of nitrogens with one attached hydrogen (secondary N) is 1. The van der Waals surface area contributed by atoms with E-state index in [0.717, 1.165) is 32.4 Å². The van der Waals surface area contributed by atoms with Crippen LogP contribution in [0.25, 0.3) is 0 Å². The molecule has 5 heteroatoms. The summed E-state index contributed by atoms with van der Waals surface area (Å²) in [6, 6.07) is 0. The second-order valence-electron chi connectivity index (χ2n) is 6.81. The standard InChI is InChI=1S/C15H26N2O3/c1-15(6-8-17(2)9-7-15)10-16-13(18)11-4-3-5-12(11)14(19)20/h11-12H,3-10H2,1-2H3,(H,16,18)(H,19,20). The summed E-state index contributed by atoms with van der Waals surface area (Å²) in [7, 11) is 2.12. The molecule has 2 aliphatic rings. The molecule has 1 saturated heterocycles.